The van der Waals surface area contributed by atoms with Crippen molar-refractivity contribution in [2.24, 2.45) is 5.92 Å². The number of para-hydroxylation sites is 1. The molecule has 1 aliphatic heterocycles. The van der Waals surface area contributed by atoms with Crippen LogP contribution in [0.3, 0.4) is 0 Å². The number of aromatic nitrogens is 2. The summed E-state index contributed by atoms with van der Waals surface area (Å²) in [4.78, 5) is 32.2. The highest BCUT2D eigenvalue weighted by Gasteiger charge is 2.27. The lowest BCUT2D eigenvalue weighted by Gasteiger charge is -2.33. The average Bonchev–Trinajstić information content (AvgIpc) is 2.58. The van der Waals surface area contributed by atoms with Crippen molar-refractivity contribution in [3.8, 4) is 5.88 Å². The van der Waals surface area contributed by atoms with E-state index in [0.717, 1.165) is 18.2 Å². The summed E-state index contributed by atoms with van der Waals surface area (Å²) < 4.78 is 11.3. The SMILES string of the molecule is CC(C)(C)OC(=O)N1CCC(COc2nc(=O)[nH]c3ccccc23)CC1. The van der Waals surface area contributed by atoms with Gasteiger partial charge < -0.3 is 19.4 Å². The molecule has 1 aromatic heterocycles. The smallest absolute Gasteiger partial charge is 0.410 e. The first kappa shape index (κ1) is 18.2. The van der Waals surface area contributed by atoms with Crippen LogP contribution in [0.2, 0.25) is 0 Å². The molecule has 0 saturated carbocycles. The fourth-order valence-electron chi connectivity index (χ4n) is 2.99. The van der Waals surface area contributed by atoms with E-state index in [9.17, 15) is 9.59 Å². The first-order valence-corrected chi connectivity index (χ1v) is 8.91. The Morgan fingerprint density at radius 3 is 2.65 bits per heavy atom. The van der Waals surface area contributed by atoms with Gasteiger partial charge in [0.25, 0.3) is 0 Å². The highest BCUT2D eigenvalue weighted by Crippen LogP contribution is 2.23. The van der Waals surface area contributed by atoms with Gasteiger partial charge in [-0.25, -0.2) is 9.59 Å². The zero-order valence-electron chi connectivity index (χ0n) is 15.4. The second kappa shape index (κ2) is 7.35. The molecule has 1 amide bonds. The molecule has 26 heavy (non-hydrogen) atoms. The summed E-state index contributed by atoms with van der Waals surface area (Å²) in [6.07, 6.45) is 1.40. The molecule has 7 heteroatoms. The number of fused-ring (bicyclic) bond motifs is 1. The van der Waals surface area contributed by atoms with E-state index in [2.05, 4.69) is 9.97 Å². The zero-order chi connectivity index (χ0) is 18.7. The molecule has 0 atom stereocenters. The number of nitrogens with zero attached hydrogens (tertiary/aromatic N) is 2. The monoisotopic (exact) mass is 359 g/mol. The zero-order valence-corrected chi connectivity index (χ0v) is 15.4. The molecule has 2 aromatic rings. The predicted octanol–water partition coefficient (Wildman–Crippen LogP) is 2.95. The van der Waals surface area contributed by atoms with Gasteiger partial charge in [-0.2, -0.15) is 4.98 Å². The summed E-state index contributed by atoms with van der Waals surface area (Å²) in [7, 11) is 0. The third-order valence-electron chi connectivity index (χ3n) is 4.32. The van der Waals surface area contributed by atoms with E-state index in [0.29, 0.717) is 37.0 Å². The van der Waals surface area contributed by atoms with Gasteiger partial charge in [0, 0.05) is 13.1 Å². The highest BCUT2D eigenvalue weighted by atomic mass is 16.6. The Hall–Kier alpha value is -2.57. The molecule has 3 rings (SSSR count). The highest BCUT2D eigenvalue weighted by molar-refractivity contribution is 5.82. The van der Waals surface area contributed by atoms with Crippen molar-refractivity contribution in [1.82, 2.24) is 14.9 Å². The van der Waals surface area contributed by atoms with E-state index < -0.39 is 11.3 Å². The van der Waals surface area contributed by atoms with Gasteiger partial charge in [0.2, 0.25) is 5.88 Å². The Balaban J connectivity index is 1.56. The summed E-state index contributed by atoms with van der Waals surface area (Å²) in [5.74, 6) is 0.674. The van der Waals surface area contributed by atoms with Crippen LogP contribution in [-0.4, -0.2) is 46.3 Å². The number of hydrogen-bond acceptors (Lipinski definition) is 5. The number of piperidine rings is 1. The van der Waals surface area contributed by atoms with E-state index in [1.165, 1.54) is 0 Å². The second-order valence-corrected chi connectivity index (χ2v) is 7.61. The Kier molecular flexibility index (Phi) is 5.15. The molecular weight excluding hydrogens is 334 g/mol. The molecule has 1 fully saturated rings. The maximum atomic E-state index is 12.1. The van der Waals surface area contributed by atoms with Gasteiger partial charge in [0.05, 0.1) is 17.5 Å². The minimum absolute atomic E-state index is 0.265. The van der Waals surface area contributed by atoms with Crippen LogP contribution in [0.25, 0.3) is 10.9 Å². The largest absolute Gasteiger partial charge is 0.477 e. The number of carbonyl (C=O) groups is 1. The number of ether oxygens (including phenoxy) is 2. The van der Waals surface area contributed by atoms with Crippen LogP contribution in [0.4, 0.5) is 4.79 Å². The number of benzene rings is 1. The fraction of sp³-hybridized carbons (Fsp3) is 0.526. The number of aromatic amines is 1. The van der Waals surface area contributed by atoms with Crippen molar-refractivity contribution in [3.05, 3.63) is 34.7 Å². The van der Waals surface area contributed by atoms with Crippen LogP contribution in [0.1, 0.15) is 33.6 Å². The van der Waals surface area contributed by atoms with Crippen LogP contribution in [0.5, 0.6) is 5.88 Å². The van der Waals surface area contributed by atoms with Crippen molar-refractivity contribution >= 4 is 17.0 Å². The van der Waals surface area contributed by atoms with Crippen LogP contribution >= 0.6 is 0 Å². The molecule has 0 aliphatic carbocycles. The number of likely N-dealkylation sites (tertiary alicyclic amines) is 1. The second-order valence-electron chi connectivity index (χ2n) is 7.61. The standard InChI is InChI=1S/C19H25N3O4/c1-19(2,3)26-18(24)22-10-8-13(9-11-22)12-25-16-14-6-4-5-7-15(14)20-17(23)21-16/h4-7,13H,8-12H2,1-3H3,(H,20,21,23). The normalized spacial score (nSPS) is 15.9. The van der Waals surface area contributed by atoms with Crippen LogP contribution in [0.15, 0.2) is 29.1 Å². The number of carbonyl (C=O) groups excluding carboxylic acids is 1. The van der Waals surface area contributed by atoms with Crippen molar-refractivity contribution in [1.29, 1.82) is 0 Å². The molecule has 1 aromatic carbocycles. The Labute approximate surface area is 152 Å². The molecule has 0 unspecified atom stereocenters. The van der Waals surface area contributed by atoms with Crippen molar-refractivity contribution < 1.29 is 14.3 Å². The van der Waals surface area contributed by atoms with Crippen LogP contribution < -0.4 is 10.4 Å². The molecule has 0 radical (unpaired) electrons. The van der Waals surface area contributed by atoms with Gasteiger partial charge in [-0.15, -0.1) is 0 Å². The lowest BCUT2D eigenvalue weighted by Crippen LogP contribution is -2.42. The third kappa shape index (κ3) is 4.53. The molecule has 7 nitrogen and oxygen atoms in total. The number of amides is 1. The first-order chi connectivity index (χ1) is 12.3. The van der Waals surface area contributed by atoms with Crippen LogP contribution in [-0.2, 0) is 4.74 Å². The number of hydrogen-bond donors (Lipinski definition) is 1. The van der Waals surface area contributed by atoms with Gasteiger partial charge in [0.1, 0.15) is 5.60 Å². The Morgan fingerprint density at radius 2 is 1.96 bits per heavy atom. The molecule has 2 heterocycles. The van der Waals surface area contributed by atoms with Crippen LogP contribution in [0, 0.1) is 5.92 Å². The first-order valence-electron chi connectivity index (χ1n) is 8.91. The number of rotatable bonds is 3. The van der Waals surface area contributed by atoms with Gasteiger partial charge in [-0.1, -0.05) is 12.1 Å². The molecule has 1 aliphatic rings. The summed E-state index contributed by atoms with van der Waals surface area (Å²) in [5, 5.41) is 0.790. The third-order valence-corrected chi connectivity index (χ3v) is 4.32. The maximum absolute atomic E-state index is 12.1. The van der Waals surface area contributed by atoms with Crippen molar-refractivity contribution in [2.75, 3.05) is 19.7 Å². The average molecular weight is 359 g/mol. The van der Waals surface area contributed by atoms with E-state index in [-0.39, 0.29) is 6.09 Å². The maximum Gasteiger partial charge on any atom is 0.410 e. The van der Waals surface area contributed by atoms with E-state index >= 15 is 0 Å². The summed E-state index contributed by atoms with van der Waals surface area (Å²) in [6.45, 7) is 7.36. The Morgan fingerprint density at radius 1 is 1.27 bits per heavy atom. The number of H-pyrrole nitrogens is 1. The van der Waals surface area contributed by atoms with Crippen molar-refractivity contribution in [3.63, 3.8) is 0 Å². The molecule has 1 N–H and O–H groups in total. The lowest BCUT2D eigenvalue weighted by atomic mass is 9.98. The summed E-state index contributed by atoms with van der Waals surface area (Å²) in [5.41, 5.74) is -0.190. The minimum atomic E-state index is -0.482. The lowest BCUT2D eigenvalue weighted by molar-refractivity contribution is 0.0164. The molecular formula is C19H25N3O4. The van der Waals surface area contributed by atoms with Gasteiger partial charge in [-0.3, -0.25) is 0 Å². The van der Waals surface area contributed by atoms with Gasteiger partial charge >= 0.3 is 11.8 Å². The molecule has 0 bridgehead atoms. The van der Waals surface area contributed by atoms with Gasteiger partial charge in [0.15, 0.2) is 0 Å². The summed E-state index contributed by atoms with van der Waals surface area (Å²) >= 11 is 0. The summed E-state index contributed by atoms with van der Waals surface area (Å²) in [6, 6.07) is 7.44. The predicted molar refractivity (Wildman–Crippen MR) is 98.4 cm³/mol. The van der Waals surface area contributed by atoms with E-state index in [4.69, 9.17) is 9.47 Å². The Bertz CT molecular complexity index is 833. The quantitative estimate of drug-likeness (QED) is 0.911. The van der Waals surface area contributed by atoms with E-state index in [1.807, 2.05) is 45.0 Å². The number of nitrogens with one attached hydrogen (secondary N) is 1. The molecule has 0 spiro atoms. The van der Waals surface area contributed by atoms with E-state index in [1.54, 1.807) is 4.90 Å². The van der Waals surface area contributed by atoms with Gasteiger partial charge in [-0.05, 0) is 51.7 Å². The molecule has 140 valence electrons. The van der Waals surface area contributed by atoms with Crippen molar-refractivity contribution in [2.45, 2.75) is 39.2 Å². The molecule has 1 saturated heterocycles. The fourth-order valence-corrected chi connectivity index (χ4v) is 2.99. The topological polar surface area (TPSA) is 84.5 Å². The minimum Gasteiger partial charge on any atom is -0.477 e.